The Labute approximate surface area is 181 Å². The van der Waals surface area contributed by atoms with E-state index < -0.39 is 21.1 Å². The Morgan fingerprint density at radius 3 is 2.26 bits per heavy atom. The first-order chi connectivity index (χ1) is 14.7. The van der Waals surface area contributed by atoms with Crippen molar-refractivity contribution in [1.82, 2.24) is 0 Å². The van der Waals surface area contributed by atoms with Crippen LogP contribution < -0.4 is 14.4 Å². The minimum Gasteiger partial charge on any atom is -0.497 e. The maximum absolute atomic E-state index is 13.5. The van der Waals surface area contributed by atoms with Crippen molar-refractivity contribution in [2.75, 3.05) is 16.7 Å². The van der Waals surface area contributed by atoms with Crippen LogP contribution in [0.3, 0.4) is 0 Å². The summed E-state index contributed by atoms with van der Waals surface area (Å²) in [5, 5.41) is 14.2. The average molecular weight is 442 g/mol. The summed E-state index contributed by atoms with van der Waals surface area (Å²) in [4.78, 5) is 10.6. The van der Waals surface area contributed by atoms with Crippen molar-refractivity contribution in [3.05, 3.63) is 88.5 Å². The third-order valence-electron chi connectivity index (χ3n) is 4.69. The summed E-state index contributed by atoms with van der Waals surface area (Å²) in [6, 6.07) is 19.1. The predicted octanol–water partition coefficient (Wildman–Crippen LogP) is 4.57. The average Bonchev–Trinajstić information content (AvgIpc) is 2.74. The molecule has 0 bridgehead atoms. The van der Waals surface area contributed by atoms with Crippen LogP contribution in [0.15, 0.2) is 77.7 Å². The van der Waals surface area contributed by atoms with Crippen LogP contribution in [0.2, 0.25) is 0 Å². The van der Waals surface area contributed by atoms with Crippen LogP contribution in [0.1, 0.15) is 12.5 Å². The molecule has 0 amide bonds. The Bertz CT molecular complexity index is 1160. The third kappa shape index (κ3) is 4.95. The molecule has 0 spiro atoms. The maximum Gasteiger partial charge on any atom is 0.269 e. The molecule has 3 rings (SSSR count). The number of nitrogens with one attached hydrogen (secondary N) is 1. The first-order valence-corrected chi connectivity index (χ1v) is 10.9. The lowest BCUT2D eigenvalue weighted by Crippen LogP contribution is -2.43. The van der Waals surface area contributed by atoms with Crippen LogP contribution in [0.25, 0.3) is 0 Å². The maximum atomic E-state index is 13.5. The molecule has 162 valence electrons. The number of hydrogen-bond acceptors (Lipinski definition) is 6. The molecule has 1 atom stereocenters. The lowest BCUT2D eigenvalue weighted by Gasteiger charge is -2.31. The normalized spacial score (nSPS) is 12.1. The molecule has 0 saturated heterocycles. The van der Waals surface area contributed by atoms with Crippen molar-refractivity contribution in [3.63, 3.8) is 0 Å². The molecule has 0 saturated carbocycles. The molecule has 3 aromatic carbocycles. The van der Waals surface area contributed by atoms with Crippen LogP contribution in [0, 0.1) is 17.0 Å². The monoisotopic (exact) mass is 441 g/mol. The molecule has 0 aliphatic rings. The zero-order valence-corrected chi connectivity index (χ0v) is 18.2. The summed E-state index contributed by atoms with van der Waals surface area (Å²) >= 11 is 0. The van der Waals surface area contributed by atoms with Gasteiger partial charge in [-0.15, -0.1) is 0 Å². The molecule has 0 heterocycles. The van der Waals surface area contributed by atoms with Crippen LogP contribution in [0.4, 0.5) is 17.1 Å². The lowest BCUT2D eigenvalue weighted by atomic mass is 10.2. The molecule has 0 aromatic heterocycles. The fourth-order valence-electron chi connectivity index (χ4n) is 3.13. The molecule has 1 unspecified atom stereocenters. The van der Waals surface area contributed by atoms with Gasteiger partial charge in [0.05, 0.1) is 22.6 Å². The van der Waals surface area contributed by atoms with Crippen molar-refractivity contribution < 1.29 is 18.1 Å². The molecule has 0 radical (unpaired) electrons. The number of methoxy groups -OCH3 is 1. The standard InChI is InChI=1S/C22H23N3O5S/c1-16-7-13-22(14-8-16)31(28,29)24(19-9-11-20(12-10-19)25(26)27)17(2)23-18-5-4-6-21(15-18)30-3/h4-15,17,23H,1-3H3. The lowest BCUT2D eigenvalue weighted by molar-refractivity contribution is -0.384. The number of anilines is 2. The fraction of sp³-hybridized carbons (Fsp3) is 0.182. The quantitative estimate of drug-likeness (QED) is 0.312. The number of aryl methyl sites for hydroxylation is 1. The van der Waals surface area contributed by atoms with Gasteiger partial charge in [-0.1, -0.05) is 23.8 Å². The second-order valence-electron chi connectivity index (χ2n) is 6.94. The second-order valence-corrected chi connectivity index (χ2v) is 8.75. The zero-order valence-electron chi connectivity index (χ0n) is 17.3. The van der Waals surface area contributed by atoms with Crippen LogP contribution in [0.5, 0.6) is 5.75 Å². The van der Waals surface area contributed by atoms with E-state index in [1.807, 2.05) is 6.92 Å². The summed E-state index contributed by atoms with van der Waals surface area (Å²) in [6.07, 6.45) is -0.708. The fourth-order valence-corrected chi connectivity index (χ4v) is 4.70. The molecular formula is C22H23N3O5S. The Morgan fingerprint density at radius 2 is 1.68 bits per heavy atom. The van der Waals surface area contributed by atoms with Gasteiger partial charge in [-0.05, 0) is 50.2 Å². The van der Waals surface area contributed by atoms with E-state index in [9.17, 15) is 18.5 Å². The molecule has 8 nitrogen and oxygen atoms in total. The van der Waals surface area contributed by atoms with E-state index in [1.165, 1.54) is 28.6 Å². The van der Waals surface area contributed by atoms with Crippen molar-refractivity contribution >= 4 is 27.1 Å². The van der Waals surface area contributed by atoms with Crippen molar-refractivity contribution in [2.45, 2.75) is 24.9 Å². The third-order valence-corrected chi connectivity index (χ3v) is 6.60. The number of nitrogens with zero attached hydrogens (tertiary/aromatic N) is 2. The van der Waals surface area contributed by atoms with E-state index in [4.69, 9.17) is 4.74 Å². The van der Waals surface area contributed by atoms with Gasteiger partial charge in [0.15, 0.2) is 0 Å². The molecule has 31 heavy (non-hydrogen) atoms. The molecule has 0 fully saturated rings. The number of hydrogen-bond donors (Lipinski definition) is 1. The Morgan fingerprint density at radius 1 is 1.03 bits per heavy atom. The molecule has 0 aliphatic carbocycles. The molecular weight excluding hydrogens is 418 g/mol. The van der Waals surface area contributed by atoms with Gasteiger partial charge in [-0.3, -0.25) is 10.1 Å². The van der Waals surface area contributed by atoms with Gasteiger partial charge in [0.25, 0.3) is 15.7 Å². The van der Waals surface area contributed by atoms with Gasteiger partial charge in [-0.2, -0.15) is 0 Å². The van der Waals surface area contributed by atoms with E-state index in [0.29, 0.717) is 17.1 Å². The van der Waals surface area contributed by atoms with Crippen molar-refractivity contribution in [2.24, 2.45) is 0 Å². The van der Waals surface area contributed by atoms with Crippen LogP contribution >= 0.6 is 0 Å². The molecule has 9 heteroatoms. The predicted molar refractivity (Wildman–Crippen MR) is 120 cm³/mol. The van der Waals surface area contributed by atoms with Crippen molar-refractivity contribution in [1.29, 1.82) is 0 Å². The summed E-state index contributed by atoms with van der Waals surface area (Å²) in [5.74, 6) is 0.625. The van der Waals surface area contributed by atoms with Crippen molar-refractivity contribution in [3.8, 4) is 5.75 Å². The van der Waals surface area contributed by atoms with Crippen LogP contribution in [-0.4, -0.2) is 26.6 Å². The minimum atomic E-state index is -3.97. The number of non-ortho nitro benzene ring substituents is 1. The largest absolute Gasteiger partial charge is 0.497 e. The highest BCUT2D eigenvalue weighted by Crippen LogP contribution is 2.29. The number of benzene rings is 3. The second kappa shape index (κ2) is 9.05. The molecule has 3 aromatic rings. The number of nitro groups is 1. The number of ether oxygens (including phenoxy) is 1. The van der Waals surface area contributed by atoms with Crippen LogP contribution in [-0.2, 0) is 10.0 Å². The van der Waals surface area contributed by atoms with Gasteiger partial charge >= 0.3 is 0 Å². The summed E-state index contributed by atoms with van der Waals surface area (Å²) in [5.41, 5.74) is 1.78. The molecule has 0 aliphatic heterocycles. The highest BCUT2D eigenvalue weighted by atomic mass is 32.2. The Hall–Kier alpha value is -3.59. The van der Waals surface area contributed by atoms with Gasteiger partial charge in [0, 0.05) is 23.9 Å². The van der Waals surface area contributed by atoms with Gasteiger partial charge in [0.2, 0.25) is 0 Å². The Kier molecular flexibility index (Phi) is 6.45. The van der Waals surface area contributed by atoms with E-state index >= 15 is 0 Å². The van der Waals surface area contributed by atoms with E-state index in [1.54, 1.807) is 62.6 Å². The summed E-state index contributed by atoms with van der Waals surface area (Å²) in [6.45, 7) is 3.57. The summed E-state index contributed by atoms with van der Waals surface area (Å²) < 4.78 is 33.5. The first-order valence-electron chi connectivity index (χ1n) is 9.48. The van der Waals surface area contributed by atoms with Gasteiger partial charge in [0.1, 0.15) is 11.9 Å². The Balaban J connectivity index is 2.04. The van der Waals surface area contributed by atoms with E-state index in [2.05, 4.69) is 5.32 Å². The smallest absolute Gasteiger partial charge is 0.269 e. The highest BCUT2D eigenvalue weighted by molar-refractivity contribution is 7.92. The number of nitro benzene ring substituents is 1. The van der Waals surface area contributed by atoms with E-state index in [0.717, 1.165) is 5.56 Å². The highest BCUT2D eigenvalue weighted by Gasteiger charge is 2.30. The van der Waals surface area contributed by atoms with E-state index in [-0.39, 0.29) is 10.6 Å². The van der Waals surface area contributed by atoms with Gasteiger partial charge < -0.3 is 10.1 Å². The van der Waals surface area contributed by atoms with Gasteiger partial charge in [-0.25, -0.2) is 12.7 Å². The SMILES string of the molecule is COc1cccc(NC(C)N(c2ccc([N+](=O)[O-])cc2)S(=O)(=O)c2ccc(C)cc2)c1. The topological polar surface area (TPSA) is 102 Å². The minimum absolute atomic E-state index is 0.121. The summed E-state index contributed by atoms with van der Waals surface area (Å²) in [7, 11) is -2.42. The molecule has 1 N–H and O–H groups in total. The zero-order chi connectivity index (χ0) is 22.6. The number of sulfonamides is 1. The first kappa shape index (κ1) is 22.1. The number of rotatable bonds is 8.